The maximum absolute atomic E-state index is 12.6. The van der Waals surface area contributed by atoms with E-state index in [9.17, 15) is 14.7 Å². The van der Waals surface area contributed by atoms with Crippen LogP contribution in [0.3, 0.4) is 0 Å². The number of rotatable bonds is 9. The zero-order valence-electron chi connectivity index (χ0n) is 21.4. The predicted molar refractivity (Wildman–Crippen MR) is 134 cm³/mol. The lowest BCUT2D eigenvalue weighted by atomic mass is 9.86. The van der Waals surface area contributed by atoms with E-state index in [1.165, 1.54) is 0 Å². The molecule has 1 heterocycles. The van der Waals surface area contributed by atoms with Gasteiger partial charge >= 0.3 is 11.9 Å². The Hall–Kier alpha value is -2.78. The first-order valence-electron chi connectivity index (χ1n) is 12.5. The van der Waals surface area contributed by atoms with Gasteiger partial charge in [-0.1, -0.05) is 31.2 Å². The van der Waals surface area contributed by atoms with E-state index in [1.54, 1.807) is 6.92 Å². The van der Waals surface area contributed by atoms with Crippen molar-refractivity contribution in [2.75, 3.05) is 0 Å². The van der Waals surface area contributed by atoms with Crippen molar-refractivity contribution in [1.29, 1.82) is 0 Å². The van der Waals surface area contributed by atoms with Crippen molar-refractivity contribution in [3.63, 3.8) is 0 Å². The first-order valence-corrected chi connectivity index (χ1v) is 12.5. The molecule has 1 saturated carbocycles. The molecule has 1 aliphatic carbocycles. The average molecular weight is 483 g/mol. The van der Waals surface area contributed by atoms with Crippen LogP contribution in [-0.2, 0) is 20.7 Å². The molecule has 1 aliphatic heterocycles. The highest BCUT2D eigenvalue weighted by Crippen LogP contribution is 2.52. The number of carboxylic acids is 1. The molecule has 0 bridgehead atoms. The molecule has 35 heavy (non-hydrogen) atoms. The number of para-hydroxylation sites is 1. The first kappa shape index (κ1) is 26.8. The molecule has 0 radical (unpaired) electrons. The number of hydrogen-bond acceptors (Lipinski definition) is 5. The van der Waals surface area contributed by atoms with Gasteiger partial charge in [-0.2, -0.15) is 0 Å². The summed E-state index contributed by atoms with van der Waals surface area (Å²) in [6, 6.07) is 6.00. The number of ether oxygens (including phenoxy) is 2. The lowest BCUT2D eigenvalue weighted by molar-refractivity contribution is -0.158. The minimum atomic E-state index is -0.801. The third-order valence-corrected chi connectivity index (χ3v) is 6.87. The summed E-state index contributed by atoms with van der Waals surface area (Å²) in [7, 11) is 0. The van der Waals surface area contributed by atoms with Gasteiger partial charge in [-0.05, 0) is 52.2 Å². The summed E-state index contributed by atoms with van der Waals surface area (Å²) in [5.74, 6) is 5.58. The first-order chi connectivity index (χ1) is 16.5. The van der Waals surface area contributed by atoms with Gasteiger partial charge in [0.05, 0.1) is 11.5 Å². The molecule has 6 atom stereocenters. The van der Waals surface area contributed by atoms with Crippen LogP contribution in [0.25, 0.3) is 0 Å². The maximum atomic E-state index is 12.6. The minimum absolute atomic E-state index is 0.000353. The average Bonchev–Trinajstić information content (AvgIpc) is 3.29. The third kappa shape index (κ3) is 6.46. The fourth-order valence-corrected chi connectivity index (χ4v) is 4.86. The fourth-order valence-electron chi connectivity index (χ4n) is 4.86. The Morgan fingerprint density at radius 1 is 1.31 bits per heavy atom. The van der Waals surface area contributed by atoms with Gasteiger partial charge in [0.15, 0.2) is 0 Å². The number of aliphatic hydroxyl groups is 1. The zero-order chi connectivity index (χ0) is 25.8. The summed E-state index contributed by atoms with van der Waals surface area (Å²) in [6.07, 6.45) is 5.20. The highest BCUT2D eigenvalue weighted by Gasteiger charge is 2.49. The highest BCUT2D eigenvalue weighted by atomic mass is 16.5. The Morgan fingerprint density at radius 2 is 2.06 bits per heavy atom. The van der Waals surface area contributed by atoms with E-state index in [0.717, 1.165) is 16.9 Å². The number of carbonyl (C=O) groups is 2. The van der Waals surface area contributed by atoms with Crippen molar-refractivity contribution in [3.05, 3.63) is 41.5 Å². The van der Waals surface area contributed by atoms with E-state index < -0.39 is 23.6 Å². The second-order valence-corrected chi connectivity index (χ2v) is 10.8. The summed E-state index contributed by atoms with van der Waals surface area (Å²) in [5.41, 5.74) is 1.46. The number of fused-ring (bicyclic) bond motifs is 3. The van der Waals surface area contributed by atoms with Gasteiger partial charge < -0.3 is 19.7 Å². The van der Waals surface area contributed by atoms with E-state index in [2.05, 4.69) is 11.8 Å². The lowest BCUT2D eigenvalue weighted by Gasteiger charge is -2.26. The van der Waals surface area contributed by atoms with E-state index in [1.807, 2.05) is 58.0 Å². The molecule has 190 valence electrons. The molecule has 1 fully saturated rings. The Kier molecular flexibility index (Phi) is 8.66. The largest absolute Gasteiger partial charge is 0.489 e. The van der Waals surface area contributed by atoms with Gasteiger partial charge in [-0.25, -0.2) is 0 Å². The smallest absolute Gasteiger partial charge is 0.311 e. The van der Waals surface area contributed by atoms with Crippen LogP contribution in [0.1, 0.15) is 77.3 Å². The molecule has 1 aromatic rings. The van der Waals surface area contributed by atoms with Crippen LogP contribution < -0.4 is 4.74 Å². The van der Waals surface area contributed by atoms with Crippen LogP contribution in [0.15, 0.2) is 30.4 Å². The van der Waals surface area contributed by atoms with E-state index in [0.29, 0.717) is 25.7 Å². The van der Waals surface area contributed by atoms with Crippen LogP contribution in [0.2, 0.25) is 0 Å². The summed E-state index contributed by atoms with van der Waals surface area (Å²) in [6.45, 7) is 9.30. The quantitative estimate of drug-likeness (QED) is 0.296. The predicted octanol–water partition coefficient (Wildman–Crippen LogP) is 4.88. The molecule has 0 spiro atoms. The van der Waals surface area contributed by atoms with Crippen molar-refractivity contribution in [2.45, 2.75) is 91.0 Å². The van der Waals surface area contributed by atoms with Crippen molar-refractivity contribution in [1.82, 2.24) is 0 Å². The summed E-state index contributed by atoms with van der Waals surface area (Å²) in [5, 5.41) is 19.8. The van der Waals surface area contributed by atoms with E-state index in [4.69, 9.17) is 14.6 Å². The Balaban J connectivity index is 1.82. The number of carbonyl (C=O) groups excluding carboxylic acids is 1. The molecule has 1 aromatic carbocycles. The number of aliphatic carboxylic acids is 1. The molecule has 6 heteroatoms. The Morgan fingerprint density at radius 3 is 2.71 bits per heavy atom. The van der Waals surface area contributed by atoms with Crippen molar-refractivity contribution in [3.8, 4) is 17.6 Å². The molecule has 2 aliphatic rings. The maximum Gasteiger partial charge on any atom is 0.311 e. The number of esters is 1. The number of hydrogen-bond donors (Lipinski definition) is 2. The second kappa shape index (κ2) is 11.3. The van der Waals surface area contributed by atoms with Crippen LogP contribution in [-0.4, -0.2) is 40.5 Å². The normalized spacial score (nSPS) is 24.6. The molecule has 0 unspecified atom stereocenters. The molecule has 0 amide bonds. The Labute approximate surface area is 208 Å². The monoisotopic (exact) mass is 482 g/mol. The molecule has 2 N–H and O–H groups in total. The number of aliphatic hydroxyl groups excluding tert-OH is 1. The molecule has 0 saturated heterocycles. The molecule has 0 aromatic heterocycles. The summed E-state index contributed by atoms with van der Waals surface area (Å²) >= 11 is 0. The topological polar surface area (TPSA) is 93.1 Å². The number of carboxylic acid groups (broad SMARTS) is 1. The Bertz CT molecular complexity index is 1010. The molecule has 6 nitrogen and oxygen atoms in total. The van der Waals surface area contributed by atoms with Crippen LogP contribution in [0, 0.1) is 29.1 Å². The fraction of sp³-hybridized carbons (Fsp3) is 0.586. The lowest BCUT2D eigenvalue weighted by Crippen LogP contribution is -2.31. The van der Waals surface area contributed by atoms with Gasteiger partial charge in [0.1, 0.15) is 18.0 Å². The number of benzene rings is 1. The SMILES string of the molecule is CC#CC[C@H](C)[C@@H](/C=C/[C@@H]1[C@H]2c3cccc(CCCC(=O)O)c3O[C@H]2C[C@H]1O)OC(=O)C(C)(C)C. The van der Waals surface area contributed by atoms with E-state index in [-0.39, 0.29) is 36.2 Å². The molecular weight excluding hydrogens is 444 g/mol. The third-order valence-electron chi connectivity index (χ3n) is 6.87. The van der Waals surface area contributed by atoms with Gasteiger partial charge in [0.2, 0.25) is 0 Å². The van der Waals surface area contributed by atoms with Gasteiger partial charge in [0, 0.05) is 42.6 Å². The number of aryl methyl sites for hydroxylation is 1. The zero-order valence-corrected chi connectivity index (χ0v) is 21.4. The van der Waals surface area contributed by atoms with Crippen molar-refractivity contribution in [2.24, 2.45) is 17.3 Å². The van der Waals surface area contributed by atoms with Crippen LogP contribution in [0.5, 0.6) is 5.75 Å². The van der Waals surface area contributed by atoms with Crippen molar-refractivity contribution < 1.29 is 29.3 Å². The molecule has 3 rings (SSSR count). The van der Waals surface area contributed by atoms with E-state index >= 15 is 0 Å². The summed E-state index contributed by atoms with van der Waals surface area (Å²) < 4.78 is 12.2. The van der Waals surface area contributed by atoms with Gasteiger partial charge in [-0.15, -0.1) is 11.8 Å². The summed E-state index contributed by atoms with van der Waals surface area (Å²) in [4.78, 5) is 23.5. The standard InChI is InChI=1S/C29H38O6/c1-6-7-10-18(2)23(35-28(33)29(3,4)5)16-15-20-22(30)17-24-26(20)21-13-8-11-19(27(21)34-24)12-9-14-25(31)32/h8,11,13,15-16,18,20,22-24,26,30H,9-10,12,14,17H2,1-5H3,(H,31,32)/b16-15+/t18-,20-,22+,23+,24-,26-/m0/s1. The minimum Gasteiger partial charge on any atom is -0.489 e. The van der Waals surface area contributed by atoms with Crippen molar-refractivity contribution >= 4 is 11.9 Å². The highest BCUT2D eigenvalue weighted by molar-refractivity contribution is 5.75. The van der Waals surface area contributed by atoms with Crippen LogP contribution >= 0.6 is 0 Å². The van der Waals surface area contributed by atoms with Gasteiger partial charge in [0.25, 0.3) is 0 Å². The second-order valence-electron chi connectivity index (χ2n) is 10.8. The molecular formula is C29H38O6. The van der Waals surface area contributed by atoms with Crippen LogP contribution in [0.4, 0.5) is 0 Å². The van der Waals surface area contributed by atoms with Gasteiger partial charge in [-0.3, -0.25) is 9.59 Å².